The van der Waals surface area contributed by atoms with Gasteiger partial charge in [0.1, 0.15) is 0 Å². The Balaban J connectivity index is 3.91. The highest BCUT2D eigenvalue weighted by Crippen LogP contribution is 2.14. The van der Waals surface area contributed by atoms with Gasteiger partial charge < -0.3 is 0 Å². The van der Waals surface area contributed by atoms with Crippen LogP contribution in [0, 0.1) is 5.92 Å². The van der Waals surface area contributed by atoms with E-state index in [1.807, 2.05) is 0 Å². The third-order valence-electron chi connectivity index (χ3n) is 5.35. The number of sulfonamides is 1. The zero-order chi connectivity index (χ0) is 20.4. The minimum Gasteiger partial charge on any atom is -0.212 e. The Bertz CT molecular complexity index is 407. The van der Waals surface area contributed by atoms with Crippen molar-refractivity contribution in [3.8, 4) is 0 Å². The molecule has 0 amide bonds. The normalized spacial score (nSPS) is 12.4. The summed E-state index contributed by atoms with van der Waals surface area (Å²) in [7, 11) is -3.06. The van der Waals surface area contributed by atoms with E-state index < -0.39 is 10.0 Å². The predicted molar refractivity (Wildman–Crippen MR) is 121 cm³/mol. The lowest BCUT2D eigenvalue weighted by molar-refractivity contribution is 0.389. The van der Waals surface area contributed by atoms with Crippen LogP contribution < -0.4 is 0 Å². The van der Waals surface area contributed by atoms with Gasteiger partial charge in [-0.1, -0.05) is 105 Å². The van der Waals surface area contributed by atoms with Crippen molar-refractivity contribution in [1.29, 1.82) is 0 Å². The molecule has 0 aromatic rings. The standard InChI is InChI=1S/C23H49NO2S/c1-5-7-9-17-21-24(20-8-6-2)27(25,26)22-18-15-13-11-10-12-14-16-19-23(3)4/h23H,5-22H2,1-4H3. The molecule has 3 nitrogen and oxygen atoms in total. The lowest BCUT2D eigenvalue weighted by atomic mass is 10.0. The summed E-state index contributed by atoms with van der Waals surface area (Å²) in [6, 6.07) is 0. The Morgan fingerprint density at radius 2 is 1.11 bits per heavy atom. The van der Waals surface area contributed by atoms with Crippen LogP contribution >= 0.6 is 0 Å². The van der Waals surface area contributed by atoms with Crippen LogP contribution in [0.5, 0.6) is 0 Å². The fourth-order valence-corrected chi connectivity index (χ4v) is 5.11. The quantitative estimate of drug-likeness (QED) is 0.202. The predicted octanol–water partition coefficient (Wildman–Crippen LogP) is 7.17. The maximum atomic E-state index is 12.7. The molecule has 0 aromatic heterocycles. The van der Waals surface area contributed by atoms with Gasteiger partial charge in [0.2, 0.25) is 10.0 Å². The third-order valence-corrected chi connectivity index (χ3v) is 7.31. The molecule has 0 radical (unpaired) electrons. The summed E-state index contributed by atoms with van der Waals surface area (Å²) in [5, 5.41) is 0. The van der Waals surface area contributed by atoms with Crippen molar-refractivity contribution >= 4 is 10.0 Å². The Kier molecular flexibility index (Phi) is 17.9. The number of unbranched alkanes of at least 4 members (excludes halogenated alkanes) is 11. The molecule has 0 heterocycles. The van der Waals surface area contributed by atoms with Gasteiger partial charge in [0.05, 0.1) is 5.75 Å². The van der Waals surface area contributed by atoms with Gasteiger partial charge in [-0.3, -0.25) is 0 Å². The third kappa shape index (κ3) is 16.6. The molecule has 0 saturated carbocycles. The molecule has 0 aromatic carbocycles. The molecular formula is C23H49NO2S. The average molecular weight is 404 g/mol. The molecule has 0 saturated heterocycles. The van der Waals surface area contributed by atoms with Crippen LogP contribution in [0.15, 0.2) is 0 Å². The summed E-state index contributed by atoms with van der Waals surface area (Å²) in [5.41, 5.74) is 0. The van der Waals surface area contributed by atoms with Crippen molar-refractivity contribution in [3.63, 3.8) is 0 Å². The molecule has 0 rings (SSSR count). The van der Waals surface area contributed by atoms with Crippen LogP contribution in [0.4, 0.5) is 0 Å². The highest BCUT2D eigenvalue weighted by molar-refractivity contribution is 7.89. The number of nitrogens with zero attached hydrogens (tertiary/aromatic N) is 1. The van der Waals surface area contributed by atoms with E-state index in [2.05, 4.69) is 27.7 Å². The molecule has 0 bridgehead atoms. The van der Waals surface area contributed by atoms with E-state index in [4.69, 9.17) is 0 Å². The van der Waals surface area contributed by atoms with Gasteiger partial charge in [-0.2, -0.15) is 0 Å². The molecule has 0 fully saturated rings. The monoisotopic (exact) mass is 403 g/mol. The zero-order valence-electron chi connectivity index (χ0n) is 19.0. The van der Waals surface area contributed by atoms with Crippen LogP contribution in [0.25, 0.3) is 0 Å². The lowest BCUT2D eigenvalue weighted by Crippen LogP contribution is -2.34. The lowest BCUT2D eigenvalue weighted by Gasteiger charge is -2.22. The first kappa shape index (κ1) is 26.9. The molecule has 0 unspecified atom stereocenters. The Hall–Kier alpha value is -0.0900. The van der Waals surface area contributed by atoms with Gasteiger partial charge >= 0.3 is 0 Å². The second-order valence-corrected chi connectivity index (χ2v) is 10.7. The second kappa shape index (κ2) is 18.0. The van der Waals surface area contributed by atoms with Crippen molar-refractivity contribution in [1.82, 2.24) is 4.31 Å². The largest absolute Gasteiger partial charge is 0.214 e. The zero-order valence-corrected chi connectivity index (χ0v) is 19.8. The first-order valence-electron chi connectivity index (χ1n) is 11.9. The van der Waals surface area contributed by atoms with Crippen molar-refractivity contribution in [2.75, 3.05) is 18.8 Å². The highest BCUT2D eigenvalue weighted by Gasteiger charge is 2.20. The summed E-state index contributed by atoms with van der Waals surface area (Å²) in [5.74, 6) is 1.18. The molecule has 0 aliphatic rings. The van der Waals surface area contributed by atoms with E-state index in [1.165, 1.54) is 57.8 Å². The Morgan fingerprint density at radius 1 is 0.630 bits per heavy atom. The van der Waals surface area contributed by atoms with Crippen LogP contribution in [-0.2, 0) is 10.0 Å². The van der Waals surface area contributed by atoms with Crippen molar-refractivity contribution in [2.24, 2.45) is 5.92 Å². The maximum absolute atomic E-state index is 12.7. The van der Waals surface area contributed by atoms with Gasteiger partial charge in [0.25, 0.3) is 0 Å². The van der Waals surface area contributed by atoms with E-state index in [0.29, 0.717) is 12.3 Å². The average Bonchev–Trinajstić information content (AvgIpc) is 2.62. The smallest absolute Gasteiger partial charge is 0.212 e. The van der Waals surface area contributed by atoms with Crippen LogP contribution in [0.1, 0.15) is 124 Å². The van der Waals surface area contributed by atoms with Gasteiger partial charge in [-0.05, 0) is 25.2 Å². The fraction of sp³-hybridized carbons (Fsp3) is 1.00. The SMILES string of the molecule is CCCCCCN(CCCC)S(=O)(=O)CCCCCCCCCCC(C)C. The molecule has 27 heavy (non-hydrogen) atoms. The topological polar surface area (TPSA) is 37.4 Å². The minimum absolute atomic E-state index is 0.346. The summed E-state index contributed by atoms with van der Waals surface area (Å²) < 4.78 is 27.2. The molecule has 0 N–H and O–H groups in total. The first-order chi connectivity index (χ1) is 12.9. The molecule has 0 aliphatic carbocycles. The van der Waals surface area contributed by atoms with Gasteiger partial charge in [0.15, 0.2) is 0 Å². The summed E-state index contributed by atoms with van der Waals surface area (Å²) in [4.78, 5) is 0. The maximum Gasteiger partial charge on any atom is 0.214 e. The second-order valence-electron chi connectivity index (χ2n) is 8.64. The molecule has 0 spiro atoms. The van der Waals surface area contributed by atoms with Crippen molar-refractivity contribution < 1.29 is 8.42 Å². The van der Waals surface area contributed by atoms with Crippen LogP contribution in [0.3, 0.4) is 0 Å². The molecule has 0 atom stereocenters. The van der Waals surface area contributed by atoms with Crippen LogP contribution in [0.2, 0.25) is 0 Å². The summed E-state index contributed by atoms with van der Waals surface area (Å²) in [6.07, 6.45) is 17.6. The van der Waals surface area contributed by atoms with Crippen molar-refractivity contribution in [2.45, 2.75) is 124 Å². The van der Waals surface area contributed by atoms with E-state index in [-0.39, 0.29) is 0 Å². The van der Waals surface area contributed by atoms with Gasteiger partial charge in [-0.25, -0.2) is 12.7 Å². The fourth-order valence-electron chi connectivity index (χ4n) is 3.47. The minimum atomic E-state index is -3.06. The number of rotatable bonds is 20. The molecule has 164 valence electrons. The van der Waals surface area contributed by atoms with Gasteiger partial charge in [-0.15, -0.1) is 0 Å². The molecular weight excluding hydrogens is 354 g/mol. The Labute approximate surface area is 171 Å². The van der Waals surface area contributed by atoms with Gasteiger partial charge in [0, 0.05) is 13.1 Å². The highest BCUT2D eigenvalue weighted by atomic mass is 32.2. The van der Waals surface area contributed by atoms with E-state index >= 15 is 0 Å². The van der Waals surface area contributed by atoms with E-state index in [0.717, 1.165) is 51.0 Å². The Morgan fingerprint density at radius 3 is 1.67 bits per heavy atom. The van der Waals surface area contributed by atoms with E-state index in [9.17, 15) is 8.42 Å². The molecule has 0 aliphatic heterocycles. The number of hydrogen-bond donors (Lipinski definition) is 0. The van der Waals surface area contributed by atoms with E-state index in [1.54, 1.807) is 4.31 Å². The number of hydrogen-bond acceptors (Lipinski definition) is 2. The summed E-state index contributed by atoms with van der Waals surface area (Å²) >= 11 is 0. The first-order valence-corrected chi connectivity index (χ1v) is 13.5. The van der Waals surface area contributed by atoms with Crippen LogP contribution in [-0.4, -0.2) is 31.6 Å². The molecule has 4 heteroatoms. The van der Waals surface area contributed by atoms with Crippen molar-refractivity contribution in [3.05, 3.63) is 0 Å². The summed E-state index contributed by atoms with van der Waals surface area (Å²) in [6.45, 7) is 10.3.